The normalized spacial score (nSPS) is 21.2. The number of hydrogen-bond donors (Lipinski definition) is 0. The molecule has 4 rings (SSSR count). The molecule has 1 fully saturated rings. The molecular formula is C46H70O8Si3. The topological polar surface area (TPSA) is 89.5 Å². The van der Waals surface area contributed by atoms with Crippen LogP contribution in [0.1, 0.15) is 92.4 Å². The van der Waals surface area contributed by atoms with Crippen LogP contribution < -0.4 is 10.4 Å². The smallest absolute Gasteiger partial charge is 0.338 e. The van der Waals surface area contributed by atoms with E-state index < -0.39 is 67.4 Å². The molecule has 0 spiro atoms. The summed E-state index contributed by atoms with van der Waals surface area (Å²) in [4.78, 5) is 26.4. The van der Waals surface area contributed by atoms with Gasteiger partial charge in [0.2, 0.25) is 0 Å². The van der Waals surface area contributed by atoms with Crippen LogP contribution in [-0.2, 0) is 32.3 Å². The van der Waals surface area contributed by atoms with Crippen molar-refractivity contribution in [3.05, 3.63) is 96.6 Å². The molecule has 57 heavy (non-hydrogen) atoms. The Bertz CT molecular complexity index is 1690. The Labute approximate surface area is 346 Å². The van der Waals surface area contributed by atoms with Crippen LogP contribution in [0.15, 0.2) is 91.0 Å². The third kappa shape index (κ3) is 11.2. The van der Waals surface area contributed by atoms with Crippen molar-refractivity contribution >= 4 is 47.3 Å². The monoisotopic (exact) mass is 834 g/mol. The van der Waals surface area contributed by atoms with Gasteiger partial charge in [0.15, 0.2) is 22.7 Å². The van der Waals surface area contributed by atoms with E-state index in [1.807, 2.05) is 30.3 Å². The van der Waals surface area contributed by atoms with Crippen LogP contribution in [0, 0.1) is 0 Å². The summed E-state index contributed by atoms with van der Waals surface area (Å²) in [7, 11) is -7.78. The molecule has 11 heteroatoms. The summed E-state index contributed by atoms with van der Waals surface area (Å²) < 4.78 is 41.1. The number of carbonyl (C=O) groups excluding carboxylic acids is 2. The Kier molecular flexibility index (Phi) is 15.2. The molecule has 8 nitrogen and oxygen atoms in total. The summed E-state index contributed by atoms with van der Waals surface area (Å²) in [5, 5.41) is 1.95. The average Bonchev–Trinajstić information content (AvgIpc) is 3.12. The molecule has 1 aliphatic heterocycles. The Balaban J connectivity index is 1.75. The predicted octanol–water partition coefficient (Wildman–Crippen LogP) is 9.68. The van der Waals surface area contributed by atoms with Gasteiger partial charge < -0.3 is 27.5 Å². The molecule has 0 aromatic heterocycles. The lowest BCUT2D eigenvalue weighted by atomic mass is 9.92. The molecule has 3 aromatic rings. The van der Waals surface area contributed by atoms with Crippen LogP contribution in [0.25, 0.3) is 0 Å². The van der Waals surface area contributed by atoms with E-state index >= 15 is 0 Å². The van der Waals surface area contributed by atoms with Crippen molar-refractivity contribution in [1.29, 1.82) is 0 Å². The van der Waals surface area contributed by atoms with Gasteiger partial charge in [0.1, 0.15) is 24.9 Å². The van der Waals surface area contributed by atoms with Crippen LogP contribution in [0.4, 0.5) is 0 Å². The number of hydrogen-bond acceptors (Lipinski definition) is 8. The molecule has 3 aromatic carbocycles. The molecule has 1 saturated heterocycles. The van der Waals surface area contributed by atoms with E-state index in [9.17, 15) is 9.59 Å². The second kappa shape index (κ2) is 18.6. The number of esters is 2. The fraction of sp³-hybridized carbons (Fsp3) is 0.565. The lowest BCUT2D eigenvalue weighted by Gasteiger charge is -2.52. The highest BCUT2D eigenvalue weighted by Gasteiger charge is 2.55. The van der Waals surface area contributed by atoms with E-state index in [1.165, 1.54) is 17.3 Å². The van der Waals surface area contributed by atoms with Crippen LogP contribution in [-0.4, -0.2) is 80.6 Å². The van der Waals surface area contributed by atoms with Crippen molar-refractivity contribution < 1.29 is 37.1 Å². The lowest BCUT2D eigenvalue weighted by Crippen LogP contribution is -2.67. The van der Waals surface area contributed by atoms with E-state index in [0.717, 1.165) is 0 Å². The molecule has 0 amide bonds. The summed E-state index contributed by atoms with van der Waals surface area (Å²) in [5.41, 5.74) is 0.457. The fourth-order valence-electron chi connectivity index (χ4n) is 7.09. The van der Waals surface area contributed by atoms with E-state index in [4.69, 9.17) is 27.5 Å². The minimum Gasteiger partial charge on any atom is -0.459 e. The lowest BCUT2D eigenvalue weighted by molar-refractivity contribution is -0.232. The highest BCUT2D eigenvalue weighted by Crippen LogP contribution is 2.44. The molecule has 0 unspecified atom stereocenters. The second-order valence-electron chi connectivity index (χ2n) is 19.6. The third-order valence-corrected chi connectivity index (χ3v) is 26.3. The van der Waals surface area contributed by atoms with Crippen LogP contribution in [0.5, 0.6) is 0 Å². The molecule has 5 atom stereocenters. The zero-order valence-corrected chi connectivity index (χ0v) is 40.1. The molecule has 0 saturated carbocycles. The summed E-state index contributed by atoms with van der Waals surface area (Å²) in [5.74, 6) is -0.856. The Morgan fingerprint density at radius 1 is 0.614 bits per heavy atom. The maximum atomic E-state index is 13.4. The summed E-state index contributed by atoms with van der Waals surface area (Å²) in [6.45, 7) is 30.6. The van der Waals surface area contributed by atoms with Gasteiger partial charge in [-0.05, 0) is 76.7 Å². The second-order valence-corrected chi connectivity index (χ2v) is 33.4. The van der Waals surface area contributed by atoms with Crippen LogP contribution in [0.2, 0.25) is 41.3 Å². The molecule has 1 aliphatic rings. The molecule has 0 N–H and O–H groups in total. The molecular weight excluding hydrogens is 765 g/mol. The van der Waals surface area contributed by atoms with Gasteiger partial charge >= 0.3 is 11.9 Å². The number of rotatable bonds is 15. The van der Waals surface area contributed by atoms with Gasteiger partial charge in [-0.2, -0.15) is 0 Å². The van der Waals surface area contributed by atoms with Crippen molar-refractivity contribution in [3.8, 4) is 0 Å². The molecule has 0 radical (unpaired) electrons. The maximum absolute atomic E-state index is 13.4. The average molecular weight is 835 g/mol. The number of carbonyl (C=O) groups is 2. The van der Waals surface area contributed by atoms with Crippen LogP contribution in [0.3, 0.4) is 0 Å². The van der Waals surface area contributed by atoms with Crippen LogP contribution >= 0.6 is 0 Å². The summed E-state index contributed by atoms with van der Waals surface area (Å²) >= 11 is 0. The van der Waals surface area contributed by atoms with Crippen molar-refractivity contribution in [1.82, 2.24) is 0 Å². The number of benzene rings is 3. The van der Waals surface area contributed by atoms with Crippen molar-refractivity contribution in [3.63, 3.8) is 0 Å². The van der Waals surface area contributed by atoms with E-state index in [2.05, 4.69) is 137 Å². The summed E-state index contributed by atoms with van der Waals surface area (Å²) in [6.07, 6.45) is -2.21. The van der Waals surface area contributed by atoms with Gasteiger partial charge in [-0.15, -0.1) is 0 Å². The zero-order valence-electron chi connectivity index (χ0n) is 37.1. The standard InChI is InChI=1S/C46H70O8Si3/c1-34(47)51-40-38(31-24-32-50-57(46(8,9)10,36-27-20-16-21-28-36)37-29-22-17-23-30-37)52-39(33-49-43(48)35-25-18-15-19-26-35)41(53-55(11,12)44(2,3)4)42(40)54-56(13,14)45(5,6)7/h15-23,25-30,38-42H,24,31-33H2,1-14H3/t38-,39+,40-,41+,42+/m0/s1. The van der Waals surface area contributed by atoms with Gasteiger partial charge in [-0.1, -0.05) is 141 Å². The Morgan fingerprint density at radius 3 is 1.51 bits per heavy atom. The Hall–Kier alpha value is -2.91. The van der Waals surface area contributed by atoms with Gasteiger partial charge in [0.05, 0.1) is 11.7 Å². The molecule has 0 aliphatic carbocycles. The van der Waals surface area contributed by atoms with Crippen molar-refractivity contribution in [2.45, 2.75) is 154 Å². The third-order valence-electron chi connectivity index (χ3n) is 12.3. The maximum Gasteiger partial charge on any atom is 0.338 e. The van der Waals surface area contributed by atoms with Gasteiger partial charge in [0.25, 0.3) is 8.32 Å². The first-order valence-corrected chi connectivity index (χ1v) is 28.3. The first kappa shape index (κ1) is 46.8. The molecule has 1 heterocycles. The SMILES string of the molecule is CC(=O)O[C@@H]1[C@@H](O[Si](C)(C)C(C)(C)C)[C@H](O[Si](C)(C)C(C)(C)C)[C@@H](COC(=O)c2ccccc2)O[C@H]1CCCO[Si](c1ccccc1)(c1ccccc1)C(C)(C)C. The minimum atomic E-state index is -2.79. The first-order chi connectivity index (χ1) is 26.4. The highest BCUT2D eigenvalue weighted by molar-refractivity contribution is 6.99. The fourth-order valence-corrected chi connectivity index (χ4v) is 14.3. The van der Waals surface area contributed by atoms with E-state index in [1.54, 1.807) is 12.1 Å². The Morgan fingerprint density at radius 2 is 1.07 bits per heavy atom. The van der Waals surface area contributed by atoms with Gasteiger partial charge in [-0.3, -0.25) is 4.79 Å². The summed E-state index contributed by atoms with van der Waals surface area (Å²) in [6, 6.07) is 30.2. The van der Waals surface area contributed by atoms with Gasteiger partial charge in [-0.25, -0.2) is 4.79 Å². The largest absolute Gasteiger partial charge is 0.459 e. The molecule has 314 valence electrons. The minimum absolute atomic E-state index is 0.0494. The zero-order chi connectivity index (χ0) is 42.5. The predicted molar refractivity (Wildman–Crippen MR) is 238 cm³/mol. The highest BCUT2D eigenvalue weighted by atomic mass is 28.4. The quantitative estimate of drug-likeness (QED) is 0.0850. The van der Waals surface area contributed by atoms with Crippen molar-refractivity contribution in [2.75, 3.05) is 13.2 Å². The van der Waals surface area contributed by atoms with E-state index in [0.29, 0.717) is 25.0 Å². The molecule has 0 bridgehead atoms. The first-order valence-electron chi connectivity index (χ1n) is 20.6. The van der Waals surface area contributed by atoms with Crippen molar-refractivity contribution in [2.24, 2.45) is 0 Å². The van der Waals surface area contributed by atoms with E-state index in [-0.39, 0.29) is 21.7 Å². The van der Waals surface area contributed by atoms with Gasteiger partial charge in [0, 0.05) is 13.5 Å². The number of ether oxygens (including phenoxy) is 3.